The maximum Gasteiger partial charge on any atom is 0.306 e. The van der Waals surface area contributed by atoms with Crippen LogP contribution in [0.5, 0.6) is 0 Å². The minimum Gasteiger partial charge on any atom is -0.462 e. The third kappa shape index (κ3) is 38.2. The smallest absolute Gasteiger partial charge is 0.306 e. The van der Waals surface area contributed by atoms with E-state index in [1.165, 1.54) is 154 Å². The zero-order valence-corrected chi connectivity index (χ0v) is 42.8. The molecule has 0 radical (unpaired) electrons. The van der Waals surface area contributed by atoms with Gasteiger partial charge in [-0.1, -0.05) is 180 Å². The molecule has 0 amide bonds. The molecule has 0 fully saturated rings. The van der Waals surface area contributed by atoms with Gasteiger partial charge in [0.2, 0.25) is 0 Å². The van der Waals surface area contributed by atoms with Gasteiger partial charge in [-0.3, -0.25) is 14.3 Å². The van der Waals surface area contributed by atoms with Crippen LogP contribution in [0.1, 0.15) is 264 Å². The molecule has 1 atom stereocenters. The van der Waals surface area contributed by atoms with E-state index in [9.17, 15) is 9.59 Å². The normalized spacial score (nSPS) is 12.2. The number of rotatable bonds is 49. The highest BCUT2D eigenvalue weighted by molar-refractivity contribution is 7.96. The van der Waals surface area contributed by atoms with Gasteiger partial charge in [0.05, 0.1) is 11.4 Å². The topological polar surface area (TPSA) is 103 Å². The monoisotopic (exact) mass is 908 g/mol. The number of carbonyl (C=O) groups excluding carboxylic acids is 2. The van der Waals surface area contributed by atoms with Crippen LogP contribution < -0.4 is 4.72 Å². The Morgan fingerprint density at radius 1 is 0.587 bits per heavy atom. The van der Waals surface area contributed by atoms with Crippen LogP contribution in [0.2, 0.25) is 0 Å². The molecule has 10 heteroatoms. The van der Waals surface area contributed by atoms with E-state index in [4.69, 9.17) is 18.7 Å². The second-order valence-electron chi connectivity index (χ2n) is 18.4. The van der Waals surface area contributed by atoms with Crippen LogP contribution in [0.25, 0.3) is 0 Å². The first-order valence-electron chi connectivity index (χ1n) is 26.8. The predicted octanol–water partition coefficient (Wildman–Crippen LogP) is 15.4. The summed E-state index contributed by atoms with van der Waals surface area (Å²) >= 11 is 1.68. The predicted molar refractivity (Wildman–Crippen MR) is 267 cm³/mol. The molecule has 1 N–H and O–H groups in total. The zero-order chi connectivity index (χ0) is 45.7. The van der Waals surface area contributed by atoms with Gasteiger partial charge in [0.25, 0.3) is 0 Å². The Bertz CT molecular complexity index is 1120. The highest BCUT2D eigenvalue weighted by Crippen LogP contribution is 2.19. The number of nitrogens with zero attached hydrogens (tertiary/aromatic N) is 2. The summed E-state index contributed by atoms with van der Waals surface area (Å²) in [6.45, 7) is 13.7. The lowest BCUT2D eigenvalue weighted by Crippen LogP contribution is -2.29. The molecule has 0 aromatic carbocycles. The van der Waals surface area contributed by atoms with E-state index in [0.717, 1.165) is 101 Å². The molecule has 0 spiro atoms. The highest BCUT2D eigenvalue weighted by Gasteiger charge is 2.15. The van der Waals surface area contributed by atoms with Crippen LogP contribution in [0.15, 0.2) is 10.6 Å². The lowest BCUT2D eigenvalue weighted by atomic mass is 10.0. The third-order valence-corrected chi connectivity index (χ3v) is 13.2. The molecule has 1 heterocycles. The summed E-state index contributed by atoms with van der Waals surface area (Å²) in [5, 5.41) is 4.13. The van der Waals surface area contributed by atoms with Gasteiger partial charge < -0.3 is 23.6 Å². The van der Waals surface area contributed by atoms with E-state index < -0.39 is 0 Å². The number of methoxy groups -OCH3 is 1. The van der Waals surface area contributed by atoms with Crippen molar-refractivity contribution in [3.05, 3.63) is 17.5 Å². The number of nitrogens with one attached hydrogen (secondary N) is 1. The SMILES string of the molecule is CCCCCCCCC(CC)OC(=O)CCCCCCCN(CCCCCCCC(=O)OC(CCCCCCCC)CCCCCCCC)CCCNSCc1cc(COC)on1. The van der Waals surface area contributed by atoms with Crippen LogP contribution in [0, 0.1) is 0 Å². The maximum atomic E-state index is 12.9. The number of hydrogen-bond acceptors (Lipinski definition) is 10. The van der Waals surface area contributed by atoms with Crippen molar-refractivity contribution in [1.82, 2.24) is 14.8 Å². The first-order valence-corrected chi connectivity index (χ1v) is 27.8. The molecule has 0 saturated heterocycles. The van der Waals surface area contributed by atoms with Crippen molar-refractivity contribution in [2.75, 3.05) is 33.3 Å². The average Bonchev–Trinajstić information content (AvgIpc) is 3.73. The first kappa shape index (κ1) is 59.4. The summed E-state index contributed by atoms with van der Waals surface area (Å²) in [5.41, 5.74) is 0.930. The van der Waals surface area contributed by atoms with Crippen molar-refractivity contribution >= 4 is 23.9 Å². The molecule has 1 rings (SSSR count). The van der Waals surface area contributed by atoms with Gasteiger partial charge in [0.1, 0.15) is 18.8 Å². The molecule has 370 valence electrons. The van der Waals surface area contributed by atoms with E-state index in [0.29, 0.717) is 19.4 Å². The van der Waals surface area contributed by atoms with Gasteiger partial charge in [0, 0.05) is 32.6 Å². The van der Waals surface area contributed by atoms with Gasteiger partial charge in [-0.25, -0.2) is 0 Å². The number of carbonyl (C=O) groups is 2. The lowest BCUT2D eigenvalue weighted by molar-refractivity contribution is -0.150. The molecule has 1 aromatic rings. The van der Waals surface area contributed by atoms with Gasteiger partial charge in [-0.05, 0) is 96.7 Å². The Labute approximate surface area is 393 Å². The summed E-state index contributed by atoms with van der Waals surface area (Å²) in [7, 11) is 1.66. The Hall–Kier alpha value is -1.62. The zero-order valence-electron chi connectivity index (χ0n) is 42.0. The van der Waals surface area contributed by atoms with E-state index >= 15 is 0 Å². The minimum absolute atomic E-state index is 0.00571. The van der Waals surface area contributed by atoms with Crippen LogP contribution in [0.4, 0.5) is 0 Å². The highest BCUT2D eigenvalue weighted by atomic mass is 32.2. The fourth-order valence-corrected chi connectivity index (χ4v) is 9.04. The van der Waals surface area contributed by atoms with Crippen molar-refractivity contribution in [2.24, 2.45) is 0 Å². The second-order valence-corrected chi connectivity index (χ2v) is 19.3. The van der Waals surface area contributed by atoms with Crippen LogP contribution in [-0.4, -0.2) is 67.5 Å². The van der Waals surface area contributed by atoms with Crippen molar-refractivity contribution in [2.45, 2.75) is 277 Å². The van der Waals surface area contributed by atoms with Crippen LogP contribution in [-0.2, 0) is 36.2 Å². The molecule has 1 unspecified atom stereocenters. The van der Waals surface area contributed by atoms with Crippen molar-refractivity contribution in [1.29, 1.82) is 0 Å². The third-order valence-electron chi connectivity index (χ3n) is 12.4. The summed E-state index contributed by atoms with van der Waals surface area (Å²) in [4.78, 5) is 28.1. The number of aromatic nitrogens is 1. The molecule has 0 aliphatic heterocycles. The molecular weight excluding hydrogens is 807 g/mol. The summed E-state index contributed by atoms with van der Waals surface area (Å²) < 4.78 is 25.9. The molecule has 1 aromatic heterocycles. The number of hydrogen-bond donors (Lipinski definition) is 1. The number of ether oxygens (including phenoxy) is 3. The van der Waals surface area contributed by atoms with E-state index in [1.807, 2.05) is 6.07 Å². The standard InChI is InChI=1S/C53H101N3O6S/c1-6-10-13-16-21-28-36-49(9-4)60-52(57)39-31-24-19-26-33-42-56(44-35-41-54-63-47-48-45-51(46-59-5)62-55-48)43-34-27-20-25-32-40-53(58)61-50(37-29-22-17-14-11-7-2)38-30-23-18-15-12-8-3/h45,49-50,54H,6-44,46-47H2,1-5H3. The Morgan fingerprint density at radius 3 is 1.51 bits per heavy atom. The molecule has 0 bridgehead atoms. The fourth-order valence-electron chi connectivity index (χ4n) is 8.37. The Kier molecular flexibility index (Phi) is 42.9. The van der Waals surface area contributed by atoms with Crippen molar-refractivity contribution in [3.8, 4) is 0 Å². The molecule has 0 aliphatic carbocycles. The van der Waals surface area contributed by atoms with Crippen LogP contribution in [0.3, 0.4) is 0 Å². The van der Waals surface area contributed by atoms with E-state index in [-0.39, 0.29) is 24.1 Å². The first-order chi connectivity index (χ1) is 30.9. The minimum atomic E-state index is -0.00571. The largest absolute Gasteiger partial charge is 0.462 e. The molecule has 0 aliphatic rings. The van der Waals surface area contributed by atoms with E-state index in [1.54, 1.807) is 19.1 Å². The fraction of sp³-hybridized carbons (Fsp3) is 0.906. The average molecular weight is 908 g/mol. The Balaban J connectivity index is 2.40. The van der Waals surface area contributed by atoms with Crippen molar-refractivity contribution in [3.63, 3.8) is 0 Å². The van der Waals surface area contributed by atoms with Crippen LogP contribution >= 0.6 is 11.9 Å². The number of unbranched alkanes of at least 4 members (excludes halogenated alkanes) is 23. The second kappa shape index (κ2) is 45.5. The van der Waals surface area contributed by atoms with Gasteiger partial charge in [-0.15, -0.1) is 0 Å². The van der Waals surface area contributed by atoms with Gasteiger partial charge in [-0.2, -0.15) is 0 Å². The van der Waals surface area contributed by atoms with Crippen molar-refractivity contribution < 1.29 is 28.3 Å². The van der Waals surface area contributed by atoms with Gasteiger partial charge >= 0.3 is 11.9 Å². The number of esters is 2. The summed E-state index contributed by atoms with van der Waals surface area (Å²) in [6.07, 6.45) is 40.6. The molecular formula is C53H101N3O6S. The van der Waals surface area contributed by atoms with Gasteiger partial charge in [0.15, 0.2) is 5.76 Å². The van der Waals surface area contributed by atoms with E-state index in [2.05, 4.69) is 42.5 Å². The molecule has 9 nitrogen and oxygen atoms in total. The lowest BCUT2D eigenvalue weighted by Gasteiger charge is -2.22. The Morgan fingerprint density at radius 2 is 1.02 bits per heavy atom. The molecule has 63 heavy (non-hydrogen) atoms. The molecule has 0 saturated carbocycles. The quantitative estimate of drug-likeness (QED) is 0.0386. The summed E-state index contributed by atoms with van der Waals surface area (Å²) in [6, 6.07) is 1.96. The maximum absolute atomic E-state index is 12.9. The summed E-state index contributed by atoms with van der Waals surface area (Å²) in [5.74, 6) is 1.54.